The molecule has 0 heterocycles. The zero-order valence-electron chi connectivity index (χ0n) is 16.9. The second-order valence-electron chi connectivity index (χ2n) is 7.07. The van der Waals surface area contributed by atoms with E-state index < -0.39 is 30.4 Å². The zero-order valence-corrected chi connectivity index (χ0v) is 16.9. The third kappa shape index (κ3) is 5.39. The van der Waals surface area contributed by atoms with Gasteiger partial charge in [-0.05, 0) is 22.3 Å². The molecule has 4 N–H and O–H groups in total. The number of carboxylic acids is 1. The number of hydrogen-bond acceptors (Lipinski definition) is 5. The van der Waals surface area contributed by atoms with Crippen LogP contribution in [0, 0.1) is 0 Å². The zero-order chi connectivity index (χ0) is 22.4. The molecule has 0 saturated heterocycles. The molecule has 0 spiro atoms. The van der Waals surface area contributed by atoms with E-state index in [9.17, 15) is 24.3 Å². The standard InChI is InChI=1S/C22H23N3O6/c1-13(26)23-12-24-20(27)10-19(21(28)29)25-22(30)31-11-18-16-8-4-2-6-14(16)15-7-3-5-9-17(15)18/h2-9,18-19H,10-12H2,1H3,(H,23,26)(H,24,27)(H,25,30)(H,28,29)/t19-/m0/s1. The number of benzene rings is 2. The van der Waals surface area contributed by atoms with Crippen molar-refractivity contribution in [1.29, 1.82) is 0 Å². The molecular weight excluding hydrogens is 402 g/mol. The average molecular weight is 425 g/mol. The van der Waals surface area contributed by atoms with Crippen molar-refractivity contribution in [3.05, 3.63) is 59.7 Å². The molecule has 0 fully saturated rings. The molecule has 0 aromatic heterocycles. The summed E-state index contributed by atoms with van der Waals surface area (Å²) in [7, 11) is 0. The Morgan fingerprint density at radius 2 is 1.55 bits per heavy atom. The number of ether oxygens (including phenoxy) is 1. The van der Waals surface area contributed by atoms with E-state index in [1.165, 1.54) is 6.92 Å². The summed E-state index contributed by atoms with van der Waals surface area (Å²) in [6, 6.07) is 14.2. The Morgan fingerprint density at radius 3 is 2.10 bits per heavy atom. The molecule has 3 rings (SSSR count). The number of carbonyl (C=O) groups is 4. The fraction of sp³-hybridized carbons (Fsp3) is 0.273. The lowest BCUT2D eigenvalue weighted by Crippen LogP contribution is -2.46. The molecule has 1 atom stereocenters. The van der Waals surface area contributed by atoms with E-state index in [4.69, 9.17) is 4.74 Å². The lowest BCUT2D eigenvalue weighted by atomic mass is 9.98. The minimum atomic E-state index is -1.46. The van der Waals surface area contributed by atoms with Gasteiger partial charge in [0.25, 0.3) is 0 Å². The molecule has 0 radical (unpaired) electrons. The fourth-order valence-electron chi connectivity index (χ4n) is 3.51. The molecule has 1 aliphatic carbocycles. The smallest absolute Gasteiger partial charge is 0.407 e. The first-order valence-corrected chi connectivity index (χ1v) is 9.72. The quantitative estimate of drug-likeness (QED) is 0.475. The summed E-state index contributed by atoms with van der Waals surface area (Å²) in [4.78, 5) is 46.3. The molecule has 2 aromatic rings. The Kier molecular flexibility index (Phi) is 6.86. The third-order valence-corrected chi connectivity index (χ3v) is 4.95. The van der Waals surface area contributed by atoms with Crippen molar-refractivity contribution in [2.45, 2.75) is 25.3 Å². The number of amides is 3. The lowest BCUT2D eigenvalue weighted by Gasteiger charge is -2.17. The summed E-state index contributed by atoms with van der Waals surface area (Å²) >= 11 is 0. The largest absolute Gasteiger partial charge is 0.480 e. The molecule has 162 valence electrons. The predicted molar refractivity (Wildman–Crippen MR) is 111 cm³/mol. The van der Waals surface area contributed by atoms with Crippen molar-refractivity contribution in [1.82, 2.24) is 16.0 Å². The number of alkyl carbamates (subject to hydrolysis) is 1. The van der Waals surface area contributed by atoms with Crippen LogP contribution in [-0.4, -0.2) is 48.3 Å². The minimum absolute atomic E-state index is 0.0287. The molecule has 0 saturated carbocycles. The van der Waals surface area contributed by atoms with Gasteiger partial charge in [0.2, 0.25) is 11.8 Å². The molecule has 9 nitrogen and oxygen atoms in total. The van der Waals surface area contributed by atoms with Crippen LogP contribution in [0.25, 0.3) is 11.1 Å². The van der Waals surface area contributed by atoms with Crippen molar-refractivity contribution in [2.24, 2.45) is 0 Å². The van der Waals surface area contributed by atoms with Crippen LogP contribution in [0.5, 0.6) is 0 Å². The molecule has 31 heavy (non-hydrogen) atoms. The van der Waals surface area contributed by atoms with Crippen molar-refractivity contribution >= 4 is 23.9 Å². The number of aliphatic carboxylic acids is 1. The van der Waals surface area contributed by atoms with E-state index >= 15 is 0 Å². The topological polar surface area (TPSA) is 134 Å². The summed E-state index contributed by atoms with van der Waals surface area (Å²) in [5.74, 6) is -2.52. The van der Waals surface area contributed by atoms with Crippen LogP contribution in [0.15, 0.2) is 48.5 Å². The van der Waals surface area contributed by atoms with E-state index in [-0.39, 0.29) is 25.1 Å². The van der Waals surface area contributed by atoms with Gasteiger partial charge in [0, 0.05) is 12.8 Å². The van der Waals surface area contributed by atoms with Crippen LogP contribution in [0.1, 0.15) is 30.4 Å². The van der Waals surface area contributed by atoms with E-state index in [0.29, 0.717) is 0 Å². The van der Waals surface area contributed by atoms with Gasteiger partial charge in [0.15, 0.2) is 0 Å². The molecule has 0 unspecified atom stereocenters. The summed E-state index contributed by atoms with van der Waals surface area (Å²) in [6.45, 7) is 1.18. The molecule has 0 bridgehead atoms. The highest BCUT2D eigenvalue weighted by molar-refractivity contribution is 5.87. The minimum Gasteiger partial charge on any atom is -0.480 e. The first-order valence-electron chi connectivity index (χ1n) is 9.72. The molecule has 9 heteroatoms. The van der Waals surface area contributed by atoms with E-state index in [2.05, 4.69) is 16.0 Å². The number of carboxylic acid groups (broad SMARTS) is 1. The van der Waals surface area contributed by atoms with Gasteiger partial charge in [-0.3, -0.25) is 9.59 Å². The number of hydrogen-bond donors (Lipinski definition) is 4. The van der Waals surface area contributed by atoms with Gasteiger partial charge >= 0.3 is 12.1 Å². The molecule has 3 amide bonds. The molecule has 1 aliphatic rings. The maximum Gasteiger partial charge on any atom is 0.407 e. The van der Waals surface area contributed by atoms with Crippen molar-refractivity contribution in [2.75, 3.05) is 13.3 Å². The highest BCUT2D eigenvalue weighted by Crippen LogP contribution is 2.44. The predicted octanol–water partition coefficient (Wildman–Crippen LogP) is 1.58. The van der Waals surface area contributed by atoms with Crippen LogP contribution in [0.4, 0.5) is 4.79 Å². The van der Waals surface area contributed by atoms with Crippen LogP contribution in [0.2, 0.25) is 0 Å². The highest BCUT2D eigenvalue weighted by atomic mass is 16.5. The van der Waals surface area contributed by atoms with Gasteiger partial charge in [0.05, 0.1) is 13.1 Å². The van der Waals surface area contributed by atoms with Crippen molar-refractivity contribution < 1.29 is 29.0 Å². The Morgan fingerprint density at radius 1 is 0.968 bits per heavy atom. The highest BCUT2D eigenvalue weighted by Gasteiger charge is 2.30. The number of carbonyl (C=O) groups excluding carboxylic acids is 3. The Labute approximate surface area is 178 Å². The third-order valence-electron chi connectivity index (χ3n) is 4.95. The van der Waals surface area contributed by atoms with E-state index in [0.717, 1.165) is 22.3 Å². The van der Waals surface area contributed by atoms with E-state index in [1.807, 2.05) is 48.5 Å². The molecule has 2 aromatic carbocycles. The van der Waals surface area contributed by atoms with Crippen LogP contribution in [-0.2, 0) is 19.1 Å². The van der Waals surface area contributed by atoms with Crippen molar-refractivity contribution in [3.63, 3.8) is 0 Å². The lowest BCUT2D eigenvalue weighted by molar-refractivity contribution is -0.141. The second-order valence-corrected chi connectivity index (χ2v) is 7.07. The second kappa shape index (κ2) is 9.75. The van der Waals surface area contributed by atoms with Crippen LogP contribution < -0.4 is 16.0 Å². The normalized spacial score (nSPS) is 12.8. The summed E-state index contributed by atoms with van der Waals surface area (Å²) < 4.78 is 5.31. The summed E-state index contributed by atoms with van der Waals surface area (Å²) in [5, 5.41) is 16.2. The molecular formula is C22H23N3O6. The van der Waals surface area contributed by atoms with Gasteiger partial charge in [0.1, 0.15) is 12.6 Å². The Bertz CT molecular complexity index is 961. The van der Waals surface area contributed by atoms with Crippen LogP contribution in [0.3, 0.4) is 0 Å². The van der Waals surface area contributed by atoms with Gasteiger partial charge in [-0.1, -0.05) is 48.5 Å². The Hall–Kier alpha value is -3.88. The molecule has 0 aliphatic heterocycles. The van der Waals surface area contributed by atoms with Gasteiger partial charge in [-0.15, -0.1) is 0 Å². The number of rotatable bonds is 8. The first kappa shape index (κ1) is 21.8. The number of fused-ring (bicyclic) bond motifs is 3. The van der Waals surface area contributed by atoms with Crippen LogP contribution >= 0.6 is 0 Å². The van der Waals surface area contributed by atoms with Gasteiger partial charge < -0.3 is 25.8 Å². The van der Waals surface area contributed by atoms with Gasteiger partial charge in [-0.2, -0.15) is 0 Å². The summed E-state index contributed by atoms with van der Waals surface area (Å²) in [6.07, 6.45) is -1.43. The first-order chi connectivity index (χ1) is 14.9. The van der Waals surface area contributed by atoms with E-state index in [1.54, 1.807) is 0 Å². The maximum absolute atomic E-state index is 12.2. The maximum atomic E-state index is 12.2. The van der Waals surface area contributed by atoms with Crippen molar-refractivity contribution in [3.8, 4) is 11.1 Å². The SMILES string of the molecule is CC(=O)NCNC(=O)C[C@H](NC(=O)OCC1c2ccccc2-c2ccccc21)C(=O)O. The fourth-order valence-corrected chi connectivity index (χ4v) is 3.51. The monoisotopic (exact) mass is 425 g/mol. The Balaban J connectivity index is 1.58. The average Bonchev–Trinajstić information content (AvgIpc) is 3.05. The summed E-state index contributed by atoms with van der Waals surface area (Å²) in [5.41, 5.74) is 4.21. The number of nitrogens with one attached hydrogen (secondary N) is 3. The van der Waals surface area contributed by atoms with Gasteiger partial charge in [-0.25, -0.2) is 9.59 Å².